The van der Waals surface area contributed by atoms with Crippen LogP contribution in [-0.4, -0.2) is 22.3 Å². The van der Waals surface area contributed by atoms with Gasteiger partial charge >= 0.3 is 5.97 Å². The van der Waals surface area contributed by atoms with Crippen LogP contribution in [0.1, 0.15) is 75.6 Å². The predicted molar refractivity (Wildman–Crippen MR) is 93.5 cm³/mol. The van der Waals surface area contributed by atoms with Crippen LogP contribution in [0.2, 0.25) is 0 Å². The highest BCUT2D eigenvalue weighted by molar-refractivity contribution is 5.90. The molecule has 2 bridgehead atoms. The van der Waals surface area contributed by atoms with Crippen LogP contribution in [0.25, 0.3) is 0 Å². The van der Waals surface area contributed by atoms with E-state index in [-0.39, 0.29) is 40.8 Å². The number of phenols is 2. The number of ether oxygens (including phenoxy) is 1. The highest BCUT2D eigenvalue weighted by Crippen LogP contribution is 2.66. The van der Waals surface area contributed by atoms with E-state index in [0.717, 1.165) is 18.4 Å². The van der Waals surface area contributed by atoms with Crippen LogP contribution in [0.3, 0.4) is 0 Å². The van der Waals surface area contributed by atoms with Crippen molar-refractivity contribution in [1.82, 2.24) is 0 Å². The third kappa shape index (κ3) is 1.85. The SMILES string of the molecule is CC(C)c1cc2c(c(O)c1O)[C@@]13CCCC(C)(C)[C@@H]1[C@H](OC3=O)[C@@H]2N. The molecule has 0 radical (unpaired) electrons. The fourth-order valence-electron chi connectivity index (χ4n) is 5.76. The van der Waals surface area contributed by atoms with Crippen molar-refractivity contribution >= 4 is 5.97 Å². The number of hydrogen-bond donors (Lipinski definition) is 3. The Bertz CT molecular complexity index is 769. The molecule has 2 aliphatic carbocycles. The summed E-state index contributed by atoms with van der Waals surface area (Å²) in [5.74, 6) is -0.654. The van der Waals surface area contributed by atoms with Crippen molar-refractivity contribution in [2.45, 2.75) is 70.4 Å². The molecule has 136 valence electrons. The molecule has 4 rings (SSSR count). The Labute approximate surface area is 148 Å². The standard InChI is InChI=1S/C20H27NO4/c1-9(2)10-8-11-12(15(23)14(10)22)20-7-5-6-19(3,4)17(20)16(13(11)21)25-18(20)24/h8-9,13,16-17,22-23H,5-7,21H2,1-4H3/t13-,16-,17+,20+/m1/s1. The molecule has 1 heterocycles. The fraction of sp³-hybridized carbons (Fsp3) is 0.650. The van der Waals surface area contributed by atoms with Crippen LogP contribution in [0, 0.1) is 11.3 Å². The molecule has 1 aliphatic heterocycles. The highest BCUT2D eigenvalue weighted by Gasteiger charge is 2.69. The summed E-state index contributed by atoms with van der Waals surface area (Å²) < 4.78 is 5.79. The van der Waals surface area contributed by atoms with Crippen molar-refractivity contribution in [1.29, 1.82) is 0 Å². The highest BCUT2D eigenvalue weighted by atomic mass is 16.6. The summed E-state index contributed by atoms with van der Waals surface area (Å²) in [5, 5.41) is 21.5. The molecule has 0 aromatic heterocycles. The number of carbonyl (C=O) groups excluding carboxylic acids is 1. The summed E-state index contributed by atoms with van der Waals surface area (Å²) in [6.07, 6.45) is 2.13. The monoisotopic (exact) mass is 345 g/mol. The van der Waals surface area contributed by atoms with E-state index in [1.807, 2.05) is 19.9 Å². The Morgan fingerprint density at radius 3 is 2.56 bits per heavy atom. The van der Waals surface area contributed by atoms with E-state index in [1.54, 1.807) is 0 Å². The Morgan fingerprint density at radius 1 is 1.24 bits per heavy atom. The number of carbonyl (C=O) groups is 1. The van der Waals surface area contributed by atoms with Crippen LogP contribution in [0.5, 0.6) is 11.5 Å². The number of fused-ring (bicyclic) bond motifs is 1. The van der Waals surface area contributed by atoms with E-state index in [9.17, 15) is 15.0 Å². The van der Waals surface area contributed by atoms with Crippen LogP contribution in [0.4, 0.5) is 0 Å². The Hall–Kier alpha value is -1.75. The van der Waals surface area contributed by atoms with Gasteiger partial charge in [0.15, 0.2) is 11.5 Å². The zero-order valence-corrected chi connectivity index (χ0v) is 15.3. The summed E-state index contributed by atoms with van der Waals surface area (Å²) in [6, 6.07) is 1.38. The second-order valence-corrected chi connectivity index (χ2v) is 8.97. The number of aromatic hydroxyl groups is 2. The van der Waals surface area contributed by atoms with Crippen molar-refractivity contribution in [2.24, 2.45) is 17.1 Å². The number of esters is 1. The van der Waals surface area contributed by atoms with E-state index in [0.29, 0.717) is 17.5 Å². The lowest BCUT2D eigenvalue weighted by molar-refractivity contribution is -0.146. The normalized spacial score (nSPS) is 35.3. The van der Waals surface area contributed by atoms with Crippen LogP contribution >= 0.6 is 0 Å². The zero-order chi connectivity index (χ0) is 18.3. The summed E-state index contributed by atoms with van der Waals surface area (Å²) in [4.78, 5) is 13.0. The first kappa shape index (κ1) is 16.7. The number of rotatable bonds is 1. The molecule has 5 heteroatoms. The number of nitrogens with two attached hydrogens (primary N) is 1. The molecule has 0 amide bonds. The van der Waals surface area contributed by atoms with Gasteiger partial charge in [-0.25, -0.2) is 0 Å². The predicted octanol–water partition coefficient (Wildman–Crippen LogP) is 3.22. The third-order valence-electron chi connectivity index (χ3n) is 6.82. The minimum atomic E-state index is -0.894. The van der Waals surface area contributed by atoms with Gasteiger partial charge in [0.05, 0.1) is 6.04 Å². The first-order valence-electron chi connectivity index (χ1n) is 9.19. The number of benzene rings is 1. The van der Waals surface area contributed by atoms with Gasteiger partial charge in [-0.2, -0.15) is 0 Å². The zero-order valence-electron chi connectivity index (χ0n) is 15.3. The molecule has 0 spiro atoms. The van der Waals surface area contributed by atoms with Crippen molar-refractivity contribution in [3.63, 3.8) is 0 Å². The lowest BCUT2D eigenvalue weighted by Crippen LogP contribution is -2.55. The summed E-state index contributed by atoms with van der Waals surface area (Å²) >= 11 is 0. The average Bonchev–Trinajstić information content (AvgIpc) is 2.79. The molecule has 5 nitrogen and oxygen atoms in total. The Morgan fingerprint density at radius 2 is 1.92 bits per heavy atom. The number of phenolic OH excluding ortho intramolecular Hbond substituents is 2. The summed E-state index contributed by atoms with van der Waals surface area (Å²) in [5.41, 5.74) is 7.44. The van der Waals surface area contributed by atoms with E-state index in [1.165, 1.54) is 0 Å². The van der Waals surface area contributed by atoms with E-state index in [4.69, 9.17) is 10.5 Å². The minimum absolute atomic E-state index is 0.0377. The van der Waals surface area contributed by atoms with Crippen molar-refractivity contribution in [3.05, 3.63) is 22.8 Å². The second-order valence-electron chi connectivity index (χ2n) is 8.97. The molecule has 1 aromatic rings. The van der Waals surface area contributed by atoms with Gasteiger partial charge in [0.25, 0.3) is 0 Å². The van der Waals surface area contributed by atoms with E-state index < -0.39 is 11.5 Å². The van der Waals surface area contributed by atoms with Gasteiger partial charge in [0.2, 0.25) is 0 Å². The average molecular weight is 345 g/mol. The minimum Gasteiger partial charge on any atom is -0.504 e. The summed E-state index contributed by atoms with van der Waals surface area (Å²) in [6.45, 7) is 8.21. The maximum atomic E-state index is 13.0. The van der Waals surface area contributed by atoms with Crippen molar-refractivity contribution in [3.8, 4) is 11.5 Å². The first-order chi connectivity index (χ1) is 11.6. The van der Waals surface area contributed by atoms with Gasteiger partial charge in [-0.3, -0.25) is 4.79 Å². The summed E-state index contributed by atoms with van der Waals surface area (Å²) in [7, 11) is 0. The largest absolute Gasteiger partial charge is 0.504 e. The van der Waals surface area contributed by atoms with E-state index in [2.05, 4.69) is 13.8 Å². The Kier molecular flexibility index (Phi) is 3.28. The molecular weight excluding hydrogens is 318 g/mol. The molecule has 2 fully saturated rings. The van der Waals surface area contributed by atoms with Crippen LogP contribution in [-0.2, 0) is 14.9 Å². The molecule has 4 atom stereocenters. The van der Waals surface area contributed by atoms with Gasteiger partial charge in [-0.15, -0.1) is 0 Å². The van der Waals surface area contributed by atoms with Gasteiger partial charge in [-0.05, 0) is 35.8 Å². The molecule has 0 unspecified atom stereocenters. The first-order valence-corrected chi connectivity index (χ1v) is 9.19. The Balaban J connectivity index is 2.06. The molecule has 25 heavy (non-hydrogen) atoms. The van der Waals surface area contributed by atoms with Crippen molar-refractivity contribution in [2.75, 3.05) is 0 Å². The smallest absolute Gasteiger partial charge is 0.317 e. The fourth-order valence-corrected chi connectivity index (χ4v) is 5.76. The van der Waals surface area contributed by atoms with Crippen LogP contribution < -0.4 is 5.73 Å². The van der Waals surface area contributed by atoms with Crippen LogP contribution in [0.15, 0.2) is 6.07 Å². The topological polar surface area (TPSA) is 92.8 Å². The third-order valence-corrected chi connectivity index (χ3v) is 6.82. The quantitative estimate of drug-likeness (QED) is 0.537. The molecule has 1 aromatic carbocycles. The van der Waals surface area contributed by atoms with Gasteiger partial charge in [0, 0.05) is 17.0 Å². The van der Waals surface area contributed by atoms with Gasteiger partial charge < -0.3 is 20.7 Å². The molecule has 4 N–H and O–H groups in total. The maximum Gasteiger partial charge on any atom is 0.317 e. The molecular formula is C20H27NO4. The number of hydrogen-bond acceptors (Lipinski definition) is 5. The van der Waals surface area contributed by atoms with Crippen molar-refractivity contribution < 1.29 is 19.7 Å². The lowest BCUT2D eigenvalue weighted by Gasteiger charge is -2.51. The maximum absolute atomic E-state index is 13.0. The van der Waals surface area contributed by atoms with Gasteiger partial charge in [-0.1, -0.05) is 34.1 Å². The molecule has 3 aliphatic rings. The lowest BCUT2D eigenvalue weighted by atomic mass is 9.49. The van der Waals surface area contributed by atoms with Gasteiger partial charge in [0.1, 0.15) is 11.5 Å². The molecule has 1 saturated heterocycles. The molecule has 1 saturated carbocycles. The van der Waals surface area contributed by atoms with E-state index >= 15 is 0 Å². The second kappa shape index (κ2) is 4.91.